The molecule has 1 aliphatic heterocycles. The molecule has 1 aromatic rings. The molecule has 60 valence electrons. The predicted molar refractivity (Wildman–Crippen MR) is 39.8 cm³/mol. The largest absolute Gasteiger partial charge is 0.633 e. The molecule has 0 spiro atoms. The molecule has 0 saturated carbocycles. The van der Waals surface area contributed by atoms with Crippen molar-refractivity contribution in [3.8, 4) is 0 Å². The van der Waals surface area contributed by atoms with Crippen molar-refractivity contribution in [2.45, 2.75) is 6.17 Å². The Morgan fingerprint density at radius 1 is 1.82 bits per heavy atom. The summed E-state index contributed by atoms with van der Waals surface area (Å²) in [5, 5.41) is 20.1. The zero-order chi connectivity index (χ0) is 7.68. The predicted octanol–water partition coefficient (Wildman–Crippen LogP) is -1.48. The van der Waals surface area contributed by atoms with Gasteiger partial charge in [-0.1, -0.05) is 4.49 Å². The minimum Gasteiger partial charge on any atom is -0.633 e. The Kier molecular flexibility index (Phi) is 1.82. The number of nitrogens with one attached hydrogen (secondary N) is 2. The molecule has 1 saturated heterocycles. The van der Waals surface area contributed by atoms with Crippen LogP contribution in [0.25, 0.3) is 0 Å². The molecule has 0 aliphatic carbocycles. The number of nitrogens with zero attached hydrogens (tertiary/aromatic N) is 2. The zero-order valence-electron chi connectivity index (χ0n) is 5.78. The van der Waals surface area contributed by atoms with Crippen LogP contribution in [0.1, 0.15) is 11.9 Å². The monoisotopic (exact) mass is 172 g/mol. The molecule has 1 aliphatic rings. The van der Waals surface area contributed by atoms with Gasteiger partial charge in [0, 0.05) is 5.38 Å². The molecule has 2 atom stereocenters. The lowest BCUT2D eigenvalue weighted by atomic mass is 10.4. The summed E-state index contributed by atoms with van der Waals surface area (Å²) in [6.45, 7) is 1.38. The molecule has 2 N–H and O–H groups in total. The van der Waals surface area contributed by atoms with Crippen LogP contribution in [0.15, 0.2) is 5.38 Å². The van der Waals surface area contributed by atoms with Crippen LogP contribution in [0.2, 0.25) is 0 Å². The van der Waals surface area contributed by atoms with Gasteiger partial charge in [0.25, 0.3) is 0 Å². The Bertz CT molecular complexity index is 226. The van der Waals surface area contributed by atoms with Gasteiger partial charge in [0.2, 0.25) is 0 Å². The quantitative estimate of drug-likeness (QED) is 0.507. The van der Waals surface area contributed by atoms with Gasteiger partial charge >= 0.3 is 0 Å². The van der Waals surface area contributed by atoms with Crippen molar-refractivity contribution >= 4 is 11.5 Å². The van der Waals surface area contributed by atoms with E-state index in [2.05, 4.69) is 14.9 Å². The second kappa shape index (κ2) is 2.82. The number of aromatic nitrogens is 2. The maximum atomic E-state index is 11.1. The fraction of sp³-hybridized carbons (Fsp3) is 0.600. The van der Waals surface area contributed by atoms with Crippen molar-refractivity contribution in [2.24, 2.45) is 0 Å². The number of hydroxylamine groups is 2. The highest BCUT2D eigenvalue weighted by Gasteiger charge is 2.25. The first kappa shape index (κ1) is 7.11. The van der Waals surface area contributed by atoms with Gasteiger partial charge in [0.05, 0.1) is 13.1 Å². The molecule has 2 unspecified atom stereocenters. The van der Waals surface area contributed by atoms with E-state index in [1.807, 2.05) is 0 Å². The van der Waals surface area contributed by atoms with Crippen molar-refractivity contribution in [3.63, 3.8) is 0 Å². The number of hydrogen-bond donors (Lipinski definition) is 2. The van der Waals surface area contributed by atoms with Gasteiger partial charge in [0.1, 0.15) is 5.69 Å². The molecule has 5 nitrogen and oxygen atoms in total. The van der Waals surface area contributed by atoms with Crippen LogP contribution in [0.3, 0.4) is 0 Å². The van der Waals surface area contributed by atoms with E-state index in [-0.39, 0.29) is 11.2 Å². The van der Waals surface area contributed by atoms with Crippen LogP contribution in [0, 0.1) is 5.21 Å². The Morgan fingerprint density at radius 3 is 3.27 bits per heavy atom. The first-order valence-electron chi connectivity index (χ1n) is 3.41. The van der Waals surface area contributed by atoms with Crippen molar-refractivity contribution in [2.75, 3.05) is 13.1 Å². The van der Waals surface area contributed by atoms with E-state index in [4.69, 9.17) is 0 Å². The molecule has 0 radical (unpaired) electrons. The lowest BCUT2D eigenvalue weighted by Crippen LogP contribution is -3.06. The first-order chi connectivity index (χ1) is 5.38. The normalized spacial score (nSPS) is 31.0. The van der Waals surface area contributed by atoms with Crippen molar-refractivity contribution in [1.29, 1.82) is 0 Å². The molecule has 0 aromatic carbocycles. The van der Waals surface area contributed by atoms with Crippen LogP contribution in [-0.2, 0) is 0 Å². The van der Waals surface area contributed by atoms with Gasteiger partial charge in [-0.25, -0.2) is 0 Å². The van der Waals surface area contributed by atoms with Gasteiger partial charge in [0.15, 0.2) is 6.17 Å². The molecular formula is C5H8N4OS. The minimum atomic E-state index is -0.186. The molecule has 0 bridgehead atoms. The third-order valence-electron chi connectivity index (χ3n) is 1.71. The summed E-state index contributed by atoms with van der Waals surface area (Å²) in [5.74, 6) is 0. The molecule has 11 heavy (non-hydrogen) atoms. The van der Waals surface area contributed by atoms with E-state index in [0.717, 1.165) is 12.2 Å². The summed E-state index contributed by atoms with van der Waals surface area (Å²) in [5.41, 5.74) is 0.762. The summed E-state index contributed by atoms with van der Waals surface area (Å²) in [6, 6.07) is 0. The number of hydrogen-bond acceptors (Lipinski definition) is 5. The van der Waals surface area contributed by atoms with E-state index < -0.39 is 0 Å². The third kappa shape index (κ3) is 1.25. The van der Waals surface area contributed by atoms with E-state index >= 15 is 0 Å². The minimum absolute atomic E-state index is 0.186. The number of rotatable bonds is 1. The Morgan fingerprint density at radius 2 is 2.73 bits per heavy atom. The Labute approximate surface area is 67.8 Å². The molecule has 6 heteroatoms. The summed E-state index contributed by atoms with van der Waals surface area (Å²) < 4.78 is 3.70. The first-order valence-corrected chi connectivity index (χ1v) is 4.24. The summed E-state index contributed by atoms with van der Waals surface area (Å²) in [7, 11) is 0. The third-order valence-corrected chi connectivity index (χ3v) is 2.24. The van der Waals surface area contributed by atoms with Crippen LogP contribution in [0.4, 0.5) is 0 Å². The maximum Gasteiger partial charge on any atom is 0.187 e. The van der Waals surface area contributed by atoms with Gasteiger partial charge in [-0.15, -0.1) is 5.10 Å². The van der Waals surface area contributed by atoms with Gasteiger partial charge in [-0.2, -0.15) is 0 Å². The molecule has 0 amide bonds. The second-order valence-electron chi connectivity index (χ2n) is 2.43. The number of quaternary nitrogens is 1. The lowest BCUT2D eigenvalue weighted by Gasteiger charge is -2.20. The van der Waals surface area contributed by atoms with E-state index in [9.17, 15) is 5.21 Å². The second-order valence-corrected chi connectivity index (χ2v) is 3.04. The van der Waals surface area contributed by atoms with E-state index in [1.165, 1.54) is 11.5 Å². The van der Waals surface area contributed by atoms with Crippen LogP contribution >= 0.6 is 11.5 Å². The summed E-state index contributed by atoms with van der Waals surface area (Å²) in [4.78, 5) is 0. The van der Waals surface area contributed by atoms with E-state index in [0.29, 0.717) is 6.54 Å². The molecule has 2 heterocycles. The average Bonchev–Trinajstić information content (AvgIpc) is 2.55. The lowest BCUT2D eigenvalue weighted by molar-refractivity contribution is -0.869. The van der Waals surface area contributed by atoms with E-state index in [1.54, 1.807) is 5.38 Å². The van der Waals surface area contributed by atoms with Crippen molar-refractivity contribution in [1.82, 2.24) is 14.9 Å². The van der Waals surface area contributed by atoms with Gasteiger partial charge in [-0.3, -0.25) is 5.32 Å². The van der Waals surface area contributed by atoms with Gasteiger partial charge < -0.3 is 10.3 Å². The summed E-state index contributed by atoms with van der Waals surface area (Å²) in [6.07, 6.45) is -0.186. The van der Waals surface area contributed by atoms with Crippen LogP contribution < -0.4 is 10.4 Å². The maximum absolute atomic E-state index is 11.1. The highest BCUT2D eigenvalue weighted by atomic mass is 32.1. The van der Waals surface area contributed by atoms with Crippen LogP contribution in [0.5, 0.6) is 0 Å². The van der Waals surface area contributed by atoms with Crippen molar-refractivity contribution in [3.05, 3.63) is 16.3 Å². The average molecular weight is 172 g/mol. The topological polar surface area (TPSA) is 65.3 Å². The molecular weight excluding hydrogens is 164 g/mol. The van der Waals surface area contributed by atoms with Crippen LogP contribution in [-0.4, -0.2) is 22.7 Å². The SMILES string of the molecule is [O-][NH+]1CCNC1c1csnn1. The fourth-order valence-corrected chi connectivity index (χ4v) is 1.64. The smallest absolute Gasteiger partial charge is 0.187 e. The molecule has 2 rings (SSSR count). The standard InChI is InChI=1S/C5H8N4OS/c10-9-2-1-6-5(9)4-3-11-8-7-4/h3,5-6,9H,1-2H2. The fourth-order valence-electron chi connectivity index (χ4n) is 1.17. The molecule has 1 aromatic heterocycles. The van der Waals surface area contributed by atoms with Gasteiger partial charge in [-0.05, 0) is 11.5 Å². The summed E-state index contributed by atoms with van der Waals surface area (Å²) >= 11 is 1.28. The van der Waals surface area contributed by atoms with Crippen molar-refractivity contribution < 1.29 is 5.06 Å². The molecule has 1 fully saturated rings. The highest BCUT2D eigenvalue weighted by Crippen LogP contribution is 2.05. The Hall–Kier alpha value is -0.560. The Balaban J connectivity index is 2.16. The zero-order valence-corrected chi connectivity index (χ0v) is 6.60. The highest BCUT2D eigenvalue weighted by molar-refractivity contribution is 7.03.